The number of hydrogen-bond donors (Lipinski definition) is 2. The van der Waals surface area contributed by atoms with Gasteiger partial charge in [-0.05, 0) is 12.8 Å². The Hall–Kier alpha value is -1.10. The Kier molecular flexibility index (Phi) is 4.22. The van der Waals surface area contributed by atoms with Crippen molar-refractivity contribution >= 4 is 11.9 Å². The van der Waals surface area contributed by atoms with Crippen LogP contribution in [0.1, 0.15) is 38.5 Å². The number of hydrogen-bond acceptors (Lipinski definition) is 3. The van der Waals surface area contributed by atoms with Gasteiger partial charge in [0.2, 0.25) is 5.91 Å². The lowest BCUT2D eigenvalue weighted by atomic mass is 9.89. The van der Waals surface area contributed by atoms with Crippen LogP contribution in [0, 0.1) is 11.8 Å². The Morgan fingerprint density at radius 2 is 1.83 bits per heavy atom. The lowest BCUT2D eigenvalue weighted by molar-refractivity contribution is -0.148. The lowest BCUT2D eigenvalue weighted by Crippen LogP contribution is -2.54. The van der Waals surface area contributed by atoms with E-state index in [9.17, 15) is 9.59 Å². The third-order valence-corrected chi connectivity index (χ3v) is 4.12. The molecule has 2 atom stereocenters. The highest BCUT2D eigenvalue weighted by Crippen LogP contribution is 2.28. The lowest BCUT2D eigenvalue weighted by Gasteiger charge is -2.41. The first-order valence-corrected chi connectivity index (χ1v) is 6.84. The molecule has 0 spiro atoms. The first-order chi connectivity index (χ1) is 8.58. The highest BCUT2D eigenvalue weighted by molar-refractivity contribution is 5.80. The monoisotopic (exact) mass is 254 g/mol. The summed E-state index contributed by atoms with van der Waals surface area (Å²) >= 11 is 0. The second kappa shape index (κ2) is 5.69. The first-order valence-electron chi connectivity index (χ1n) is 6.84. The van der Waals surface area contributed by atoms with E-state index in [2.05, 4.69) is 0 Å². The molecule has 0 aromatic carbocycles. The Bertz CT molecular complexity index is 326. The predicted molar refractivity (Wildman–Crippen MR) is 66.9 cm³/mol. The van der Waals surface area contributed by atoms with Gasteiger partial charge in [0, 0.05) is 25.0 Å². The summed E-state index contributed by atoms with van der Waals surface area (Å²) in [5.74, 6) is -0.545. The van der Waals surface area contributed by atoms with Crippen LogP contribution in [0.3, 0.4) is 0 Å². The number of likely N-dealkylation sites (tertiary alicyclic amines) is 1. The fourth-order valence-corrected chi connectivity index (χ4v) is 3.00. The van der Waals surface area contributed by atoms with E-state index in [0.29, 0.717) is 13.1 Å². The number of carboxylic acid groups (broad SMARTS) is 1. The molecule has 2 unspecified atom stereocenters. The molecule has 1 aliphatic carbocycles. The molecule has 2 rings (SSSR count). The minimum Gasteiger partial charge on any atom is -0.481 e. The Morgan fingerprint density at radius 3 is 2.50 bits per heavy atom. The van der Waals surface area contributed by atoms with E-state index in [1.165, 1.54) is 6.42 Å². The summed E-state index contributed by atoms with van der Waals surface area (Å²) in [5, 5.41) is 8.68. The molecule has 3 N–H and O–H groups in total. The predicted octanol–water partition coefficient (Wildman–Crippen LogP) is 0.827. The van der Waals surface area contributed by atoms with Gasteiger partial charge in [-0.15, -0.1) is 0 Å². The number of aliphatic carboxylic acids is 1. The Morgan fingerprint density at radius 1 is 1.17 bits per heavy atom. The quantitative estimate of drug-likeness (QED) is 0.731. The first kappa shape index (κ1) is 13.3. The van der Waals surface area contributed by atoms with Crippen molar-refractivity contribution in [2.75, 3.05) is 13.1 Å². The molecule has 0 aromatic heterocycles. The van der Waals surface area contributed by atoms with Crippen LogP contribution in [0.5, 0.6) is 0 Å². The molecular weight excluding hydrogens is 232 g/mol. The summed E-state index contributed by atoms with van der Waals surface area (Å²) in [6.45, 7) is 1.18. The van der Waals surface area contributed by atoms with Crippen molar-refractivity contribution < 1.29 is 14.7 Å². The van der Waals surface area contributed by atoms with E-state index < -0.39 is 5.97 Å². The van der Waals surface area contributed by atoms with E-state index in [4.69, 9.17) is 10.8 Å². The third-order valence-electron chi connectivity index (χ3n) is 4.12. The molecule has 0 radical (unpaired) electrons. The molecule has 1 saturated carbocycles. The van der Waals surface area contributed by atoms with Crippen LogP contribution in [0.15, 0.2) is 0 Å². The van der Waals surface area contributed by atoms with E-state index in [0.717, 1.165) is 25.7 Å². The fraction of sp³-hybridized carbons (Fsp3) is 0.846. The summed E-state index contributed by atoms with van der Waals surface area (Å²) < 4.78 is 0. The fourth-order valence-electron chi connectivity index (χ4n) is 3.00. The highest BCUT2D eigenvalue weighted by atomic mass is 16.4. The zero-order valence-electron chi connectivity index (χ0n) is 10.7. The summed E-state index contributed by atoms with van der Waals surface area (Å²) in [4.78, 5) is 24.6. The van der Waals surface area contributed by atoms with Gasteiger partial charge in [-0.1, -0.05) is 19.3 Å². The standard InChI is InChI=1S/C13H22N2O3/c14-11-5-3-1-2-4-10(11)13(18)15-7-9(8-15)6-12(16)17/h9-11H,1-8,14H2,(H,16,17). The van der Waals surface area contributed by atoms with Gasteiger partial charge in [0.25, 0.3) is 0 Å². The second-order valence-corrected chi connectivity index (χ2v) is 5.62. The van der Waals surface area contributed by atoms with Gasteiger partial charge in [-0.25, -0.2) is 0 Å². The van der Waals surface area contributed by atoms with Crippen molar-refractivity contribution in [2.45, 2.75) is 44.6 Å². The van der Waals surface area contributed by atoms with E-state index >= 15 is 0 Å². The Labute approximate surface area is 107 Å². The molecule has 1 heterocycles. The normalized spacial score (nSPS) is 29.5. The van der Waals surface area contributed by atoms with Crippen molar-refractivity contribution in [1.82, 2.24) is 4.90 Å². The number of carbonyl (C=O) groups excluding carboxylic acids is 1. The maximum Gasteiger partial charge on any atom is 0.303 e. The van der Waals surface area contributed by atoms with Gasteiger partial charge in [0.1, 0.15) is 0 Å². The molecule has 18 heavy (non-hydrogen) atoms. The van der Waals surface area contributed by atoms with Crippen molar-refractivity contribution in [3.05, 3.63) is 0 Å². The van der Waals surface area contributed by atoms with E-state index in [1.807, 2.05) is 0 Å². The van der Waals surface area contributed by atoms with Crippen LogP contribution >= 0.6 is 0 Å². The SMILES string of the molecule is NC1CCCCCC1C(=O)N1CC(CC(=O)O)C1. The summed E-state index contributed by atoms with van der Waals surface area (Å²) in [7, 11) is 0. The molecule has 2 fully saturated rings. The van der Waals surface area contributed by atoms with Crippen LogP contribution in [-0.4, -0.2) is 41.0 Å². The van der Waals surface area contributed by atoms with Gasteiger partial charge in [-0.2, -0.15) is 0 Å². The minimum absolute atomic E-state index is 0.0153. The molecule has 0 aromatic rings. The topological polar surface area (TPSA) is 83.6 Å². The molecule has 2 aliphatic rings. The van der Waals surface area contributed by atoms with Crippen molar-refractivity contribution in [2.24, 2.45) is 17.6 Å². The van der Waals surface area contributed by atoms with Gasteiger partial charge in [0.05, 0.1) is 12.3 Å². The molecule has 0 bridgehead atoms. The number of amides is 1. The summed E-state index contributed by atoms with van der Waals surface area (Å²) in [6, 6.07) is -0.0153. The molecule has 1 saturated heterocycles. The van der Waals surface area contributed by atoms with E-state index in [-0.39, 0.29) is 30.2 Å². The second-order valence-electron chi connectivity index (χ2n) is 5.62. The van der Waals surface area contributed by atoms with Crippen molar-refractivity contribution in [3.8, 4) is 0 Å². The maximum absolute atomic E-state index is 12.3. The number of nitrogens with two attached hydrogens (primary N) is 1. The van der Waals surface area contributed by atoms with Crippen LogP contribution in [-0.2, 0) is 9.59 Å². The minimum atomic E-state index is -0.779. The smallest absolute Gasteiger partial charge is 0.303 e. The number of nitrogens with zero attached hydrogens (tertiary/aromatic N) is 1. The van der Waals surface area contributed by atoms with Crippen LogP contribution in [0.25, 0.3) is 0 Å². The largest absolute Gasteiger partial charge is 0.481 e. The molecule has 1 amide bonds. The highest BCUT2D eigenvalue weighted by Gasteiger charge is 2.37. The van der Waals surface area contributed by atoms with Gasteiger partial charge in [0.15, 0.2) is 0 Å². The summed E-state index contributed by atoms with van der Waals surface area (Å²) in [6.07, 6.45) is 5.35. The zero-order valence-corrected chi connectivity index (χ0v) is 10.7. The molecule has 1 aliphatic heterocycles. The van der Waals surface area contributed by atoms with Crippen LogP contribution < -0.4 is 5.73 Å². The number of rotatable bonds is 3. The van der Waals surface area contributed by atoms with Gasteiger partial charge < -0.3 is 15.7 Å². The zero-order chi connectivity index (χ0) is 13.1. The number of carbonyl (C=O) groups is 2. The van der Waals surface area contributed by atoms with Crippen LogP contribution in [0.2, 0.25) is 0 Å². The maximum atomic E-state index is 12.3. The third kappa shape index (κ3) is 3.02. The summed E-state index contributed by atoms with van der Waals surface area (Å²) in [5.41, 5.74) is 6.07. The average Bonchev–Trinajstić information content (AvgIpc) is 2.46. The molecule has 5 nitrogen and oxygen atoms in total. The molecule has 102 valence electrons. The van der Waals surface area contributed by atoms with Crippen LogP contribution in [0.4, 0.5) is 0 Å². The average molecular weight is 254 g/mol. The Balaban J connectivity index is 1.83. The molecule has 5 heteroatoms. The number of carboxylic acids is 1. The van der Waals surface area contributed by atoms with Crippen molar-refractivity contribution in [1.29, 1.82) is 0 Å². The molecular formula is C13H22N2O3. The van der Waals surface area contributed by atoms with E-state index in [1.54, 1.807) is 4.90 Å². The van der Waals surface area contributed by atoms with Gasteiger partial charge in [-0.3, -0.25) is 9.59 Å². The van der Waals surface area contributed by atoms with Crippen molar-refractivity contribution in [3.63, 3.8) is 0 Å². The van der Waals surface area contributed by atoms with Gasteiger partial charge >= 0.3 is 5.97 Å².